The van der Waals surface area contributed by atoms with Crippen molar-refractivity contribution in [2.45, 2.75) is 6.92 Å². The number of nitrogens with two attached hydrogens (primary N) is 1. The van der Waals surface area contributed by atoms with Gasteiger partial charge in [0, 0.05) is 25.6 Å². The van der Waals surface area contributed by atoms with E-state index in [0.717, 1.165) is 13.1 Å². The van der Waals surface area contributed by atoms with Crippen LogP contribution in [0.4, 0.5) is 0 Å². The SMILES string of the molecule is CC1CN(C(=N)N)CC1CO. The van der Waals surface area contributed by atoms with Gasteiger partial charge in [-0.25, -0.2) is 0 Å². The van der Waals surface area contributed by atoms with Crippen LogP contribution in [0.1, 0.15) is 6.92 Å². The van der Waals surface area contributed by atoms with Gasteiger partial charge in [-0.05, 0) is 5.92 Å². The van der Waals surface area contributed by atoms with Crippen LogP contribution in [-0.2, 0) is 0 Å². The Balaban J connectivity index is 2.49. The summed E-state index contributed by atoms with van der Waals surface area (Å²) >= 11 is 0. The highest BCUT2D eigenvalue weighted by molar-refractivity contribution is 5.74. The molecule has 1 aliphatic heterocycles. The van der Waals surface area contributed by atoms with E-state index >= 15 is 0 Å². The molecule has 0 aromatic rings. The van der Waals surface area contributed by atoms with E-state index in [4.69, 9.17) is 16.2 Å². The van der Waals surface area contributed by atoms with E-state index in [0.29, 0.717) is 11.8 Å². The van der Waals surface area contributed by atoms with Crippen LogP contribution in [0.15, 0.2) is 0 Å². The summed E-state index contributed by atoms with van der Waals surface area (Å²) in [5.74, 6) is 0.857. The summed E-state index contributed by atoms with van der Waals surface area (Å²) in [5, 5.41) is 16.1. The van der Waals surface area contributed by atoms with E-state index in [-0.39, 0.29) is 12.6 Å². The zero-order chi connectivity index (χ0) is 8.43. The lowest BCUT2D eigenvalue weighted by Gasteiger charge is -2.14. The fourth-order valence-corrected chi connectivity index (χ4v) is 1.47. The smallest absolute Gasteiger partial charge is 0.188 e. The van der Waals surface area contributed by atoms with Gasteiger partial charge < -0.3 is 15.7 Å². The molecule has 1 heterocycles. The maximum atomic E-state index is 8.90. The summed E-state index contributed by atoms with van der Waals surface area (Å²) in [4.78, 5) is 1.80. The number of nitrogens with zero attached hydrogens (tertiary/aromatic N) is 1. The molecule has 1 fully saturated rings. The van der Waals surface area contributed by atoms with Gasteiger partial charge in [-0.3, -0.25) is 5.41 Å². The lowest BCUT2D eigenvalue weighted by molar-refractivity contribution is 0.209. The summed E-state index contributed by atoms with van der Waals surface area (Å²) in [6.45, 7) is 3.81. The van der Waals surface area contributed by atoms with Crippen molar-refractivity contribution < 1.29 is 5.11 Å². The summed E-state index contributed by atoms with van der Waals surface area (Å²) < 4.78 is 0. The van der Waals surface area contributed by atoms with Crippen LogP contribution in [0, 0.1) is 17.2 Å². The molecule has 64 valence electrons. The molecule has 0 radical (unpaired) electrons. The number of hydrogen-bond acceptors (Lipinski definition) is 2. The van der Waals surface area contributed by atoms with Crippen molar-refractivity contribution in [1.82, 2.24) is 4.90 Å². The molecule has 0 aliphatic carbocycles. The predicted octanol–water partition coefficient (Wildman–Crippen LogP) is -0.560. The second kappa shape index (κ2) is 3.09. The molecule has 0 amide bonds. The Kier molecular flexibility index (Phi) is 2.34. The Morgan fingerprint density at radius 2 is 2.36 bits per heavy atom. The average molecular weight is 157 g/mol. The minimum Gasteiger partial charge on any atom is -0.396 e. The molecule has 1 saturated heterocycles. The molecule has 2 unspecified atom stereocenters. The minimum absolute atomic E-state index is 0.118. The van der Waals surface area contributed by atoms with Crippen LogP contribution in [0.3, 0.4) is 0 Å². The maximum Gasteiger partial charge on any atom is 0.188 e. The fraction of sp³-hybridized carbons (Fsp3) is 0.857. The average Bonchev–Trinajstić information content (AvgIpc) is 2.31. The Labute approximate surface area is 66.5 Å². The summed E-state index contributed by atoms with van der Waals surface area (Å²) in [6, 6.07) is 0. The first kappa shape index (κ1) is 8.33. The molecule has 0 aromatic carbocycles. The lowest BCUT2D eigenvalue weighted by atomic mass is 10.00. The molecule has 1 aliphatic rings. The number of hydrogen-bond donors (Lipinski definition) is 3. The molecule has 0 aromatic heterocycles. The molecule has 4 nitrogen and oxygen atoms in total. The van der Waals surface area contributed by atoms with E-state index in [9.17, 15) is 0 Å². The molecule has 4 N–H and O–H groups in total. The van der Waals surface area contributed by atoms with Gasteiger partial charge in [-0.2, -0.15) is 0 Å². The Hall–Kier alpha value is -0.770. The number of aliphatic hydroxyl groups is 1. The number of guanidine groups is 1. The third kappa shape index (κ3) is 1.63. The molecule has 0 spiro atoms. The largest absolute Gasteiger partial charge is 0.396 e. The normalized spacial score (nSPS) is 30.9. The molecule has 11 heavy (non-hydrogen) atoms. The van der Waals surface area contributed by atoms with Crippen LogP contribution < -0.4 is 5.73 Å². The van der Waals surface area contributed by atoms with E-state index in [2.05, 4.69) is 6.92 Å². The van der Waals surface area contributed by atoms with Gasteiger partial charge in [-0.1, -0.05) is 6.92 Å². The van der Waals surface area contributed by atoms with Gasteiger partial charge in [0.2, 0.25) is 0 Å². The topological polar surface area (TPSA) is 73.3 Å². The molecule has 4 heteroatoms. The van der Waals surface area contributed by atoms with E-state index in [1.165, 1.54) is 0 Å². The van der Waals surface area contributed by atoms with Crippen LogP contribution in [-0.4, -0.2) is 35.7 Å². The van der Waals surface area contributed by atoms with Crippen LogP contribution in [0.25, 0.3) is 0 Å². The van der Waals surface area contributed by atoms with Crippen LogP contribution in [0.2, 0.25) is 0 Å². The van der Waals surface area contributed by atoms with E-state index in [1.54, 1.807) is 4.90 Å². The number of nitrogens with one attached hydrogen (secondary N) is 1. The van der Waals surface area contributed by atoms with Crippen molar-refractivity contribution in [3.8, 4) is 0 Å². The predicted molar refractivity (Wildman–Crippen MR) is 43.2 cm³/mol. The van der Waals surface area contributed by atoms with E-state index in [1.807, 2.05) is 0 Å². The maximum absolute atomic E-state index is 8.90. The van der Waals surface area contributed by atoms with Gasteiger partial charge in [-0.15, -0.1) is 0 Å². The molecule has 1 rings (SSSR count). The molecule has 0 bridgehead atoms. The number of rotatable bonds is 1. The standard InChI is InChI=1S/C7H15N3O/c1-5-2-10(7(8)9)3-6(5)4-11/h5-6,11H,2-4H2,1H3,(H3,8,9). The zero-order valence-electron chi connectivity index (χ0n) is 6.75. The highest BCUT2D eigenvalue weighted by atomic mass is 16.3. The van der Waals surface area contributed by atoms with Crippen LogP contribution >= 0.6 is 0 Å². The molecular weight excluding hydrogens is 142 g/mol. The highest BCUT2D eigenvalue weighted by Gasteiger charge is 2.29. The monoisotopic (exact) mass is 157 g/mol. The van der Waals surface area contributed by atoms with Gasteiger partial charge in [0.25, 0.3) is 0 Å². The minimum atomic E-state index is 0.118. The first-order chi connectivity index (χ1) is 5.15. The summed E-state index contributed by atoms with van der Waals surface area (Å²) in [7, 11) is 0. The lowest BCUT2D eigenvalue weighted by Crippen LogP contribution is -2.34. The van der Waals surface area contributed by atoms with Crippen molar-refractivity contribution in [2.75, 3.05) is 19.7 Å². The Morgan fingerprint density at radius 3 is 2.64 bits per heavy atom. The highest BCUT2D eigenvalue weighted by Crippen LogP contribution is 2.21. The van der Waals surface area contributed by atoms with Crippen molar-refractivity contribution in [3.05, 3.63) is 0 Å². The van der Waals surface area contributed by atoms with Crippen LogP contribution in [0.5, 0.6) is 0 Å². The van der Waals surface area contributed by atoms with Gasteiger partial charge in [0.1, 0.15) is 0 Å². The number of likely N-dealkylation sites (tertiary alicyclic amines) is 1. The van der Waals surface area contributed by atoms with Crippen molar-refractivity contribution in [2.24, 2.45) is 17.6 Å². The Bertz CT molecular complexity index is 160. The van der Waals surface area contributed by atoms with Gasteiger partial charge in [0.15, 0.2) is 5.96 Å². The second-order valence-electron chi connectivity index (χ2n) is 3.21. The van der Waals surface area contributed by atoms with Crippen molar-refractivity contribution in [1.29, 1.82) is 5.41 Å². The molecule has 2 atom stereocenters. The quantitative estimate of drug-likeness (QED) is 0.353. The van der Waals surface area contributed by atoms with E-state index < -0.39 is 0 Å². The first-order valence-corrected chi connectivity index (χ1v) is 3.85. The summed E-state index contributed by atoms with van der Waals surface area (Å²) in [6.07, 6.45) is 0. The van der Waals surface area contributed by atoms with Gasteiger partial charge >= 0.3 is 0 Å². The third-order valence-electron chi connectivity index (χ3n) is 2.34. The van der Waals surface area contributed by atoms with Crippen molar-refractivity contribution >= 4 is 5.96 Å². The molecular formula is C7H15N3O. The third-order valence-corrected chi connectivity index (χ3v) is 2.34. The zero-order valence-corrected chi connectivity index (χ0v) is 6.75. The first-order valence-electron chi connectivity index (χ1n) is 3.85. The van der Waals surface area contributed by atoms with Crippen molar-refractivity contribution in [3.63, 3.8) is 0 Å². The number of aliphatic hydroxyl groups excluding tert-OH is 1. The second-order valence-corrected chi connectivity index (χ2v) is 3.21. The van der Waals surface area contributed by atoms with Gasteiger partial charge in [0.05, 0.1) is 0 Å². The Morgan fingerprint density at radius 1 is 1.73 bits per heavy atom. The fourth-order valence-electron chi connectivity index (χ4n) is 1.47. The summed E-state index contributed by atoms with van der Waals surface area (Å²) in [5.41, 5.74) is 5.30. The molecule has 0 saturated carbocycles.